The van der Waals surface area contributed by atoms with E-state index in [2.05, 4.69) is 11.9 Å². The molecule has 0 radical (unpaired) electrons. The molecule has 0 aliphatic carbocycles. The fourth-order valence-corrected chi connectivity index (χ4v) is 2.84. The first-order valence-electron chi connectivity index (χ1n) is 8.22. The minimum atomic E-state index is -0.0894. The summed E-state index contributed by atoms with van der Waals surface area (Å²) < 4.78 is 1.74. The first kappa shape index (κ1) is 17.7. The summed E-state index contributed by atoms with van der Waals surface area (Å²) in [4.78, 5) is 17.5. The Balaban J connectivity index is 2.15. The Bertz CT molecular complexity index is 916. The standard InChI is InChI=1S/C20H18Cl2N2O/c1-2-3-12-24-13-18(14-4-8-16(21)9-5-14)23-19(20(24)25)15-6-10-17(22)11-7-15/h4-11,13H,2-3,12H2,1H3. The third-order valence-electron chi connectivity index (χ3n) is 3.98. The predicted octanol–water partition coefficient (Wildman–Crippen LogP) is 5.68. The topological polar surface area (TPSA) is 34.9 Å². The molecular weight excluding hydrogens is 355 g/mol. The van der Waals surface area contributed by atoms with Crippen molar-refractivity contribution in [2.45, 2.75) is 26.3 Å². The second-order valence-electron chi connectivity index (χ2n) is 5.84. The Hall–Kier alpha value is -2.10. The van der Waals surface area contributed by atoms with Crippen LogP contribution in [0.5, 0.6) is 0 Å². The summed E-state index contributed by atoms with van der Waals surface area (Å²) in [5, 5.41) is 1.30. The van der Waals surface area contributed by atoms with Crippen LogP contribution in [0.3, 0.4) is 0 Å². The molecule has 0 aliphatic heterocycles. The summed E-state index contributed by atoms with van der Waals surface area (Å²) in [6.45, 7) is 2.77. The molecule has 0 unspecified atom stereocenters. The van der Waals surface area contributed by atoms with Crippen molar-refractivity contribution in [2.75, 3.05) is 0 Å². The number of unbranched alkanes of at least 4 members (excludes halogenated alkanes) is 1. The molecule has 1 aromatic heterocycles. The van der Waals surface area contributed by atoms with Crippen molar-refractivity contribution in [3.8, 4) is 22.5 Å². The van der Waals surface area contributed by atoms with Gasteiger partial charge in [0.25, 0.3) is 5.56 Å². The van der Waals surface area contributed by atoms with Crippen molar-refractivity contribution in [3.63, 3.8) is 0 Å². The zero-order valence-corrected chi connectivity index (χ0v) is 15.4. The van der Waals surface area contributed by atoms with Crippen molar-refractivity contribution in [3.05, 3.63) is 75.1 Å². The van der Waals surface area contributed by atoms with E-state index in [1.807, 2.05) is 42.6 Å². The highest BCUT2D eigenvalue weighted by molar-refractivity contribution is 6.30. The van der Waals surface area contributed by atoms with E-state index in [0.717, 1.165) is 29.7 Å². The Labute approximate surface area is 156 Å². The van der Waals surface area contributed by atoms with Gasteiger partial charge in [-0.1, -0.05) is 60.8 Å². The van der Waals surface area contributed by atoms with Crippen molar-refractivity contribution >= 4 is 23.2 Å². The van der Waals surface area contributed by atoms with Gasteiger partial charge in [0.15, 0.2) is 0 Å². The van der Waals surface area contributed by atoms with Crippen LogP contribution in [-0.4, -0.2) is 9.55 Å². The van der Waals surface area contributed by atoms with E-state index in [0.29, 0.717) is 22.3 Å². The summed E-state index contributed by atoms with van der Waals surface area (Å²) in [7, 11) is 0. The van der Waals surface area contributed by atoms with Crippen LogP contribution in [0.2, 0.25) is 10.0 Å². The first-order chi connectivity index (χ1) is 12.1. The molecule has 0 fully saturated rings. The molecule has 2 aromatic carbocycles. The van der Waals surface area contributed by atoms with Crippen molar-refractivity contribution in [1.29, 1.82) is 0 Å². The highest BCUT2D eigenvalue weighted by Crippen LogP contribution is 2.23. The third-order valence-corrected chi connectivity index (χ3v) is 4.49. The highest BCUT2D eigenvalue weighted by Gasteiger charge is 2.12. The van der Waals surface area contributed by atoms with Gasteiger partial charge in [0.05, 0.1) is 5.69 Å². The normalized spacial score (nSPS) is 10.8. The van der Waals surface area contributed by atoms with Crippen LogP contribution in [0.4, 0.5) is 0 Å². The van der Waals surface area contributed by atoms with Gasteiger partial charge in [-0.15, -0.1) is 0 Å². The highest BCUT2D eigenvalue weighted by atomic mass is 35.5. The van der Waals surface area contributed by atoms with Gasteiger partial charge in [-0.25, -0.2) is 4.98 Å². The summed E-state index contributed by atoms with van der Waals surface area (Å²) in [6.07, 6.45) is 3.77. The van der Waals surface area contributed by atoms with E-state index in [1.54, 1.807) is 16.7 Å². The SMILES string of the molecule is CCCCn1cc(-c2ccc(Cl)cc2)nc(-c2ccc(Cl)cc2)c1=O. The van der Waals surface area contributed by atoms with Crippen LogP contribution >= 0.6 is 23.2 Å². The molecule has 3 rings (SSSR count). The average molecular weight is 373 g/mol. The zero-order chi connectivity index (χ0) is 17.8. The second kappa shape index (κ2) is 7.85. The molecule has 0 atom stereocenters. The lowest BCUT2D eigenvalue weighted by Gasteiger charge is -2.11. The average Bonchev–Trinajstić information content (AvgIpc) is 2.62. The Morgan fingerprint density at radius 3 is 2.04 bits per heavy atom. The van der Waals surface area contributed by atoms with Crippen LogP contribution in [0.25, 0.3) is 22.5 Å². The number of aromatic nitrogens is 2. The van der Waals surface area contributed by atoms with E-state index >= 15 is 0 Å². The second-order valence-corrected chi connectivity index (χ2v) is 6.71. The van der Waals surface area contributed by atoms with Gasteiger partial charge in [0.2, 0.25) is 0 Å². The van der Waals surface area contributed by atoms with E-state index in [1.165, 1.54) is 0 Å². The quantitative estimate of drug-likeness (QED) is 0.576. The fraction of sp³-hybridized carbons (Fsp3) is 0.200. The number of hydrogen-bond donors (Lipinski definition) is 0. The van der Waals surface area contributed by atoms with Crippen molar-refractivity contribution in [1.82, 2.24) is 9.55 Å². The lowest BCUT2D eigenvalue weighted by Crippen LogP contribution is -2.23. The Morgan fingerprint density at radius 2 is 1.48 bits per heavy atom. The van der Waals surface area contributed by atoms with Gasteiger partial charge in [-0.05, 0) is 30.7 Å². The molecule has 0 saturated carbocycles. The van der Waals surface area contributed by atoms with Crippen LogP contribution < -0.4 is 5.56 Å². The molecule has 5 heteroatoms. The largest absolute Gasteiger partial charge is 0.311 e. The molecular formula is C20H18Cl2N2O. The smallest absolute Gasteiger partial charge is 0.277 e. The zero-order valence-electron chi connectivity index (χ0n) is 13.9. The number of halogens is 2. The Morgan fingerprint density at radius 1 is 0.920 bits per heavy atom. The maximum Gasteiger partial charge on any atom is 0.277 e. The first-order valence-corrected chi connectivity index (χ1v) is 8.97. The van der Waals surface area contributed by atoms with Gasteiger partial charge < -0.3 is 4.57 Å². The summed E-state index contributed by atoms with van der Waals surface area (Å²) in [5.41, 5.74) is 2.77. The molecule has 128 valence electrons. The molecule has 3 nitrogen and oxygen atoms in total. The van der Waals surface area contributed by atoms with E-state index < -0.39 is 0 Å². The molecule has 0 bridgehead atoms. The molecule has 0 N–H and O–H groups in total. The lowest BCUT2D eigenvalue weighted by atomic mass is 10.1. The number of nitrogens with zero attached hydrogens (tertiary/aromatic N) is 2. The predicted molar refractivity (Wildman–Crippen MR) is 104 cm³/mol. The molecule has 0 aliphatic rings. The fourth-order valence-electron chi connectivity index (χ4n) is 2.59. The van der Waals surface area contributed by atoms with E-state index in [-0.39, 0.29) is 5.56 Å². The number of aryl methyl sites for hydroxylation is 1. The van der Waals surface area contributed by atoms with Crippen LogP contribution in [0.15, 0.2) is 59.5 Å². The van der Waals surface area contributed by atoms with Gasteiger partial charge in [0, 0.05) is 33.9 Å². The molecule has 0 saturated heterocycles. The number of rotatable bonds is 5. The molecule has 0 amide bonds. The van der Waals surface area contributed by atoms with Crippen LogP contribution in [0, 0.1) is 0 Å². The monoisotopic (exact) mass is 372 g/mol. The molecule has 1 heterocycles. The van der Waals surface area contributed by atoms with Gasteiger partial charge in [-0.2, -0.15) is 0 Å². The number of hydrogen-bond acceptors (Lipinski definition) is 2. The Kier molecular flexibility index (Phi) is 5.57. The van der Waals surface area contributed by atoms with Gasteiger partial charge in [0.1, 0.15) is 5.69 Å². The minimum absolute atomic E-state index is 0.0894. The summed E-state index contributed by atoms with van der Waals surface area (Å²) >= 11 is 11.9. The maximum atomic E-state index is 12.8. The summed E-state index contributed by atoms with van der Waals surface area (Å²) in [6, 6.07) is 14.6. The molecule has 0 spiro atoms. The van der Waals surface area contributed by atoms with Crippen LogP contribution in [-0.2, 0) is 6.54 Å². The minimum Gasteiger partial charge on any atom is -0.311 e. The number of benzene rings is 2. The third kappa shape index (κ3) is 4.12. The molecule has 3 aromatic rings. The lowest BCUT2D eigenvalue weighted by molar-refractivity contribution is 0.611. The van der Waals surface area contributed by atoms with Crippen LogP contribution in [0.1, 0.15) is 19.8 Å². The maximum absolute atomic E-state index is 12.8. The van der Waals surface area contributed by atoms with Crippen molar-refractivity contribution in [2.24, 2.45) is 0 Å². The van der Waals surface area contributed by atoms with E-state index in [9.17, 15) is 4.79 Å². The molecule has 25 heavy (non-hydrogen) atoms. The van der Waals surface area contributed by atoms with Crippen molar-refractivity contribution < 1.29 is 0 Å². The van der Waals surface area contributed by atoms with Gasteiger partial charge >= 0.3 is 0 Å². The summed E-state index contributed by atoms with van der Waals surface area (Å²) in [5.74, 6) is 0. The van der Waals surface area contributed by atoms with Gasteiger partial charge in [-0.3, -0.25) is 4.79 Å². The van der Waals surface area contributed by atoms with E-state index in [4.69, 9.17) is 23.2 Å².